The lowest BCUT2D eigenvalue weighted by Gasteiger charge is -2.24. The first-order valence-electron chi connectivity index (χ1n) is 8.90. The Balaban J connectivity index is 1.68. The van der Waals surface area contributed by atoms with E-state index in [4.69, 9.17) is 0 Å². The smallest absolute Gasteiger partial charge is 0.317 e. The number of rotatable bonds is 4. The number of nitrogens with zero attached hydrogens (tertiary/aromatic N) is 5. The molecule has 2 atom stereocenters. The Bertz CT molecular complexity index is 767. The van der Waals surface area contributed by atoms with Gasteiger partial charge in [-0.25, -0.2) is 4.79 Å². The molecule has 1 aliphatic rings. The number of hydrogen-bond donors (Lipinski definition) is 1. The van der Waals surface area contributed by atoms with Crippen LogP contribution in [0.1, 0.15) is 13.8 Å². The summed E-state index contributed by atoms with van der Waals surface area (Å²) in [5.74, 6) is 0.565. The van der Waals surface area contributed by atoms with Gasteiger partial charge in [-0.2, -0.15) is 15.0 Å². The van der Waals surface area contributed by atoms with Gasteiger partial charge < -0.3 is 15.1 Å². The fraction of sp³-hybridized carbons (Fsp3) is 0.556. The van der Waals surface area contributed by atoms with Crippen LogP contribution in [0.5, 0.6) is 0 Å². The van der Waals surface area contributed by atoms with Crippen molar-refractivity contribution in [3.8, 4) is 0 Å². The Morgan fingerprint density at radius 1 is 1.19 bits per heavy atom. The molecule has 1 fully saturated rings. The summed E-state index contributed by atoms with van der Waals surface area (Å²) in [6.07, 6.45) is 0. The van der Waals surface area contributed by atoms with E-state index >= 15 is 0 Å². The molecule has 3 rings (SSSR count). The third kappa shape index (κ3) is 3.79. The number of carbonyl (C=O) groups is 2. The molecular formula is C18H26N6O2. The quantitative estimate of drug-likeness (QED) is 0.890. The van der Waals surface area contributed by atoms with Crippen molar-refractivity contribution in [3.63, 3.8) is 0 Å². The molecule has 3 amide bonds. The maximum atomic E-state index is 12.7. The Hall–Kier alpha value is -2.64. The van der Waals surface area contributed by atoms with E-state index in [1.807, 2.05) is 24.3 Å². The molecule has 0 unspecified atom stereocenters. The van der Waals surface area contributed by atoms with Crippen molar-refractivity contribution in [2.24, 2.45) is 11.8 Å². The number of urea groups is 1. The lowest BCUT2D eigenvalue weighted by Crippen LogP contribution is -2.46. The van der Waals surface area contributed by atoms with Gasteiger partial charge in [-0.3, -0.25) is 4.79 Å². The van der Waals surface area contributed by atoms with Gasteiger partial charge >= 0.3 is 6.03 Å². The molecule has 1 aliphatic heterocycles. The summed E-state index contributed by atoms with van der Waals surface area (Å²) in [6, 6.07) is 7.37. The molecule has 26 heavy (non-hydrogen) atoms. The van der Waals surface area contributed by atoms with E-state index < -0.39 is 0 Å². The van der Waals surface area contributed by atoms with E-state index in [-0.39, 0.29) is 30.4 Å². The van der Waals surface area contributed by atoms with Crippen molar-refractivity contribution in [1.82, 2.24) is 30.1 Å². The minimum Gasteiger partial charge on any atom is -0.339 e. The van der Waals surface area contributed by atoms with E-state index in [2.05, 4.69) is 29.4 Å². The second-order valence-electron chi connectivity index (χ2n) is 7.38. The number of amides is 3. The van der Waals surface area contributed by atoms with Crippen LogP contribution in [-0.2, 0) is 11.3 Å². The Kier molecular flexibility index (Phi) is 5.11. The molecule has 0 aliphatic carbocycles. The molecule has 8 heteroatoms. The largest absolute Gasteiger partial charge is 0.339 e. The molecular weight excluding hydrogens is 332 g/mol. The molecule has 0 spiro atoms. The monoisotopic (exact) mass is 358 g/mol. The van der Waals surface area contributed by atoms with Crippen molar-refractivity contribution >= 4 is 23.0 Å². The fourth-order valence-corrected chi connectivity index (χ4v) is 3.34. The van der Waals surface area contributed by atoms with Crippen LogP contribution in [0, 0.1) is 11.8 Å². The van der Waals surface area contributed by atoms with Gasteiger partial charge in [0.2, 0.25) is 5.91 Å². The average molecular weight is 358 g/mol. The van der Waals surface area contributed by atoms with E-state index in [9.17, 15) is 9.59 Å². The van der Waals surface area contributed by atoms with Crippen LogP contribution >= 0.6 is 0 Å². The standard InChI is InChI=1S/C18H26N6O2/c1-12(2)13-9-23(10-16(13)19-18(26)22(3)4)17(25)11-24-20-14-7-5-6-8-15(14)21-24/h5-8,12-13,16H,9-11H2,1-4H3,(H,19,26)/t13-,16+/m0/s1. The minimum absolute atomic E-state index is 0.0300. The third-order valence-electron chi connectivity index (χ3n) is 4.89. The van der Waals surface area contributed by atoms with Crippen LogP contribution in [-0.4, -0.2) is 70.0 Å². The van der Waals surface area contributed by atoms with Crippen LogP contribution in [0.2, 0.25) is 0 Å². The highest BCUT2D eigenvalue weighted by Crippen LogP contribution is 2.25. The zero-order chi connectivity index (χ0) is 18.8. The van der Waals surface area contributed by atoms with Crippen LogP contribution < -0.4 is 5.32 Å². The second kappa shape index (κ2) is 7.31. The molecule has 1 aromatic carbocycles. The van der Waals surface area contributed by atoms with Gasteiger partial charge in [0.25, 0.3) is 0 Å². The highest BCUT2D eigenvalue weighted by atomic mass is 16.2. The summed E-state index contributed by atoms with van der Waals surface area (Å²) in [7, 11) is 3.43. The molecule has 0 bridgehead atoms. The highest BCUT2D eigenvalue weighted by molar-refractivity contribution is 5.78. The van der Waals surface area contributed by atoms with Crippen molar-refractivity contribution < 1.29 is 9.59 Å². The zero-order valence-corrected chi connectivity index (χ0v) is 15.7. The molecule has 0 saturated carbocycles. The first kappa shape index (κ1) is 18.2. The highest BCUT2D eigenvalue weighted by Gasteiger charge is 2.38. The maximum absolute atomic E-state index is 12.7. The molecule has 140 valence electrons. The van der Waals surface area contributed by atoms with Gasteiger partial charge in [0.05, 0.1) is 6.04 Å². The van der Waals surface area contributed by atoms with Gasteiger partial charge in [-0.1, -0.05) is 26.0 Å². The van der Waals surface area contributed by atoms with Crippen molar-refractivity contribution in [2.75, 3.05) is 27.2 Å². The molecule has 1 aromatic heterocycles. The average Bonchev–Trinajstić information content (AvgIpc) is 3.18. The fourth-order valence-electron chi connectivity index (χ4n) is 3.34. The lowest BCUT2D eigenvalue weighted by atomic mass is 9.91. The first-order valence-corrected chi connectivity index (χ1v) is 8.90. The lowest BCUT2D eigenvalue weighted by molar-refractivity contribution is -0.131. The Morgan fingerprint density at radius 2 is 1.81 bits per heavy atom. The van der Waals surface area contributed by atoms with Gasteiger partial charge in [-0.15, -0.1) is 0 Å². The summed E-state index contributed by atoms with van der Waals surface area (Å²) in [5.41, 5.74) is 1.55. The third-order valence-corrected chi connectivity index (χ3v) is 4.89. The number of likely N-dealkylation sites (tertiary alicyclic amines) is 1. The number of fused-ring (bicyclic) bond motifs is 1. The summed E-state index contributed by atoms with van der Waals surface area (Å²) in [5, 5.41) is 11.7. The van der Waals surface area contributed by atoms with Crippen molar-refractivity contribution in [2.45, 2.75) is 26.4 Å². The van der Waals surface area contributed by atoms with Gasteiger partial charge in [0.15, 0.2) is 0 Å². The number of benzene rings is 1. The van der Waals surface area contributed by atoms with Gasteiger partial charge in [-0.05, 0) is 18.1 Å². The molecule has 1 saturated heterocycles. The molecule has 8 nitrogen and oxygen atoms in total. The first-order chi connectivity index (χ1) is 12.3. The number of hydrogen-bond acceptors (Lipinski definition) is 4. The number of nitrogens with one attached hydrogen (secondary N) is 1. The van der Waals surface area contributed by atoms with Gasteiger partial charge in [0, 0.05) is 33.1 Å². The maximum Gasteiger partial charge on any atom is 0.317 e. The molecule has 2 heterocycles. The summed E-state index contributed by atoms with van der Waals surface area (Å²) < 4.78 is 0. The molecule has 1 N–H and O–H groups in total. The molecule has 0 radical (unpaired) electrons. The Labute approximate surface area is 153 Å². The summed E-state index contributed by atoms with van der Waals surface area (Å²) >= 11 is 0. The summed E-state index contributed by atoms with van der Waals surface area (Å²) in [4.78, 5) is 29.5. The SMILES string of the molecule is CC(C)[C@@H]1CN(C(=O)Cn2nc3ccccc3n2)C[C@H]1NC(=O)N(C)C. The predicted molar refractivity (Wildman–Crippen MR) is 98.4 cm³/mol. The van der Waals surface area contributed by atoms with Gasteiger partial charge in [0.1, 0.15) is 17.6 Å². The minimum atomic E-state index is -0.130. The van der Waals surface area contributed by atoms with E-state index in [0.717, 1.165) is 11.0 Å². The van der Waals surface area contributed by atoms with Crippen molar-refractivity contribution in [3.05, 3.63) is 24.3 Å². The zero-order valence-electron chi connectivity index (χ0n) is 15.7. The van der Waals surface area contributed by atoms with Crippen LogP contribution in [0.3, 0.4) is 0 Å². The van der Waals surface area contributed by atoms with Crippen LogP contribution in [0.4, 0.5) is 4.79 Å². The van der Waals surface area contributed by atoms with Crippen LogP contribution in [0.25, 0.3) is 11.0 Å². The van der Waals surface area contributed by atoms with E-state index in [1.165, 1.54) is 9.70 Å². The number of carbonyl (C=O) groups excluding carboxylic acids is 2. The normalized spacial score (nSPS) is 20.0. The van der Waals surface area contributed by atoms with E-state index in [1.54, 1.807) is 19.0 Å². The predicted octanol–water partition coefficient (Wildman–Crippen LogP) is 1.19. The topological polar surface area (TPSA) is 83.4 Å². The van der Waals surface area contributed by atoms with Crippen LogP contribution in [0.15, 0.2) is 24.3 Å². The van der Waals surface area contributed by atoms with Crippen molar-refractivity contribution in [1.29, 1.82) is 0 Å². The summed E-state index contributed by atoms with van der Waals surface area (Å²) in [6.45, 7) is 5.50. The second-order valence-corrected chi connectivity index (χ2v) is 7.38. The molecule has 2 aromatic rings. The van der Waals surface area contributed by atoms with E-state index in [0.29, 0.717) is 19.0 Å². The Morgan fingerprint density at radius 3 is 2.35 bits per heavy atom. The number of aromatic nitrogens is 3.